The number of ketones is 1. The molecule has 1 aliphatic rings. The molecule has 2 heterocycles. The number of rotatable bonds is 4. The first-order valence-electron chi connectivity index (χ1n) is 10.1. The van der Waals surface area contributed by atoms with Crippen LogP contribution in [0.2, 0.25) is 0 Å². The van der Waals surface area contributed by atoms with Gasteiger partial charge in [-0.3, -0.25) is 14.6 Å². The second kappa shape index (κ2) is 8.50. The minimum absolute atomic E-state index is 0.0397. The quantitative estimate of drug-likeness (QED) is 0.517. The zero-order valence-corrected chi connectivity index (χ0v) is 18.0. The van der Waals surface area contributed by atoms with Crippen LogP contribution in [0.1, 0.15) is 33.7 Å². The molecule has 0 saturated carbocycles. The fourth-order valence-corrected chi connectivity index (χ4v) is 5.02. The van der Waals surface area contributed by atoms with Crippen LogP contribution in [0.3, 0.4) is 0 Å². The van der Waals surface area contributed by atoms with Gasteiger partial charge in [-0.05, 0) is 60.1 Å². The molecule has 0 unspecified atom stereocenters. The predicted octanol–water partition coefficient (Wildman–Crippen LogP) is 3.66. The van der Waals surface area contributed by atoms with Gasteiger partial charge in [0.05, 0.1) is 24.7 Å². The van der Waals surface area contributed by atoms with Gasteiger partial charge < -0.3 is 10.6 Å². The van der Waals surface area contributed by atoms with Crippen LogP contribution in [0.15, 0.2) is 42.6 Å². The summed E-state index contributed by atoms with van der Waals surface area (Å²) in [4.78, 5) is 32.0. The summed E-state index contributed by atoms with van der Waals surface area (Å²) in [5.41, 5.74) is 9.82. The zero-order chi connectivity index (χ0) is 21.3. The first-order valence-corrected chi connectivity index (χ1v) is 10.9. The van der Waals surface area contributed by atoms with Gasteiger partial charge in [-0.1, -0.05) is 18.2 Å². The van der Waals surface area contributed by atoms with Gasteiger partial charge in [-0.25, -0.2) is 0 Å². The first kappa shape index (κ1) is 20.4. The molecule has 2 N–H and O–H groups in total. The van der Waals surface area contributed by atoms with E-state index in [-0.39, 0.29) is 18.1 Å². The summed E-state index contributed by atoms with van der Waals surface area (Å²) >= 11 is 1.74. The van der Waals surface area contributed by atoms with E-state index >= 15 is 0 Å². The van der Waals surface area contributed by atoms with Gasteiger partial charge in [-0.15, -0.1) is 11.3 Å². The number of hydrogen-bond donors (Lipinski definition) is 1. The number of nitrogens with two attached hydrogens (primary N) is 1. The number of benzene rings is 1. The highest BCUT2D eigenvalue weighted by atomic mass is 32.1. The van der Waals surface area contributed by atoms with Crippen molar-refractivity contribution >= 4 is 39.2 Å². The zero-order valence-electron chi connectivity index (χ0n) is 17.2. The van der Waals surface area contributed by atoms with Crippen LogP contribution < -0.4 is 5.73 Å². The Bertz CT molecular complexity index is 1150. The van der Waals surface area contributed by atoms with Gasteiger partial charge >= 0.3 is 0 Å². The lowest BCUT2D eigenvalue weighted by atomic mass is 10.1. The number of pyridine rings is 1. The largest absolute Gasteiger partial charge is 0.337 e. The molecule has 0 radical (unpaired) electrons. The Morgan fingerprint density at radius 2 is 2.17 bits per heavy atom. The molecule has 0 aliphatic heterocycles. The van der Waals surface area contributed by atoms with Gasteiger partial charge in [-0.2, -0.15) is 0 Å². The minimum Gasteiger partial charge on any atom is -0.337 e. The van der Waals surface area contributed by atoms with Crippen LogP contribution in [0.4, 0.5) is 0 Å². The smallest absolute Gasteiger partial charge is 0.246 e. The molecule has 6 heteroatoms. The second-order valence-corrected chi connectivity index (χ2v) is 8.97. The third-order valence-electron chi connectivity index (χ3n) is 5.68. The van der Waals surface area contributed by atoms with Gasteiger partial charge in [0.2, 0.25) is 5.91 Å². The van der Waals surface area contributed by atoms with Crippen molar-refractivity contribution < 1.29 is 9.59 Å². The Kier molecular flexibility index (Phi) is 5.79. The van der Waals surface area contributed by atoms with Crippen molar-refractivity contribution in [3.63, 3.8) is 0 Å². The summed E-state index contributed by atoms with van der Waals surface area (Å²) in [7, 11) is 1.82. The van der Waals surface area contributed by atoms with E-state index in [0.717, 1.165) is 23.2 Å². The van der Waals surface area contributed by atoms with E-state index in [0.29, 0.717) is 13.0 Å². The summed E-state index contributed by atoms with van der Waals surface area (Å²) < 4.78 is 1.25. The lowest BCUT2D eigenvalue weighted by Crippen LogP contribution is -2.30. The van der Waals surface area contributed by atoms with Crippen LogP contribution in [0.5, 0.6) is 0 Å². The number of likely N-dealkylation sites (N-methyl/N-ethyl adjacent to an activating group) is 1. The topological polar surface area (TPSA) is 76.3 Å². The Morgan fingerprint density at radius 3 is 2.97 bits per heavy atom. The number of carbonyl (C=O) groups is 2. The van der Waals surface area contributed by atoms with E-state index < -0.39 is 6.04 Å². The lowest BCUT2D eigenvalue weighted by molar-refractivity contribution is -0.125. The molecule has 0 saturated heterocycles. The molecule has 0 spiro atoms. The highest BCUT2D eigenvalue weighted by Gasteiger charge is 2.21. The van der Waals surface area contributed by atoms with Gasteiger partial charge in [0, 0.05) is 28.9 Å². The molecule has 5 nitrogen and oxygen atoms in total. The molecule has 0 bridgehead atoms. The molecule has 30 heavy (non-hydrogen) atoms. The number of Topliss-reactive ketones (excluding diaryl/α,β-unsaturated/α-hetero) is 1. The molecule has 1 amide bonds. The molecule has 1 aliphatic carbocycles. The van der Waals surface area contributed by atoms with Gasteiger partial charge in [0.1, 0.15) is 0 Å². The van der Waals surface area contributed by atoms with Gasteiger partial charge in [0.15, 0.2) is 5.78 Å². The third-order valence-corrected chi connectivity index (χ3v) is 6.94. The second-order valence-electron chi connectivity index (χ2n) is 7.84. The SMILES string of the molecule is Cc1c(CN(C)C(=O)C=Cc2cnc3c(c2)CC[C@@H](N)C(=O)C3)sc2ccccc12. The number of nitrogens with zero attached hydrogens (tertiary/aromatic N) is 2. The monoisotopic (exact) mass is 419 g/mol. The maximum absolute atomic E-state index is 12.6. The van der Waals surface area contributed by atoms with Crippen molar-refractivity contribution in [2.45, 2.75) is 38.8 Å². The Morgan fingerprint density at radius 1 is 1.37 bits per heavy atom. The molecule has 4 rings (SSSR count). The molecule has 1 aromatic carbocycles. The Labute approximate surface area is 180 Å². The first-order chi connectivity index (χ1) is 14.4. The summed E-state index contributed by atoms with van der Waals surface area (Å²) in [6, 6.07) is 9.92. The fraction of sp³-hybridized carbons (Fsp3) is 0.292. The number of aryl methyl sites for hydroxylation is 2. The lowest BCUT2D eigenvalue weighted by Gasteiger charge is -2.14. The fourth-order valence-electron chi connectivity index (χ4n) is 3.76. The highest BCUT2D eigenvalue weighted by molar-refractivity contribution is 7.19. The third kappa shape index (κ3) is 4.20. The van der Waals surface area contributed by atoms with Crippen LogP contribution in [0, 0.1) is 6.92 Å². The molecule has 1 atom stereocenters. The molecular weight excluding hydrogens is 394 g/mol. The van der Waals surface area contributed by atoms with Crippen molar-refractivity contribution in [1.29, 1.82) is 0 Å². The highest BCUT2D eigenvalue weighted by Crippen LogP contribution is 2.31. The summed E-state index contributed by atoms with van der Waals surface area (Å²) in [6.07, 6.45) is 6.74. The van der Waals surface area contributed by atoms with Crippen LogP contribution in [-0.4, -0.2) is 34.7 Å². The molecule has 2 aromatic heterocycles. The van der Waals surface area contributed by atoms with E-state index in [1.807, 2.05) is 25.2 Å². The van der Waals surface area contributed by atoms with Crippen molar-refractivity contribution in [2.24, 2.45) is 5.73 Å². The summed E-state index contributed by atoms with van der Waals surface area (Å²) in [5.74, 6) is -0.0168. The van der Waals surface area contributed by atoms with E-state index in [1.54, 1.807) is 34.6 Å². The molecular formula is C24H25N3O2S. The maximum atomic E-state index is 12.6. The summed E-state index contributed by atoms with van der Waals surface area (Å²) in [5, 5.41) is 1.25. The van der Waals surface area contributed by atoms with Crippen molar-refractivity contribution in [2.75, 3.05) is 7.05 Å². The van der Waals surface area contributed by atoms with Crippen LogP contribution in [0.25, 0.3) is 16.2 Å². The number of aromatic nitrogens is 1. The number of carbonyl (C=O) groups excluding carboxylic acids is 2. The number of fused-ring (bicyclic) bond motifs is 2. The normalized spacial score (nSPS) is 16.6. The standard InChI is InChI=1S/C24H25N3O2S/c1-15-18-5-3-4-6-22(18)30-23(15)14-27(2)24(29)10-7-16-11-17-8-9-19(25)21(28)12-20(17)26-13-16/h3-7,10-11,13,19H,8-9,12,14,25H2,1-2H3/t19-/m1/s1. The van der Waals surface area contributed by atoms with Crippen molar-refractivity contribution in [3.05, 3.63) is 69.9 Å². The van der Waals surface area contributed by atoms with Crippen LogP contribution in [-0.2, 0) is 29.0 Å². The van der Waals surface area contributed by atoms with E-state index in [2.05, 4.69) is 24.0 Å². The van der Waals surface area contributed by atoms with Gasteiger partial charge in [0.25, 0.3) is 0 Å². The Balaban J connectivity index is 1.45. The van der Waals surface area contributed by atoms with Crippen molar-refractivity contribution in [1.82, 2.24) is 9.88 Å². The summed E-state index contributed by atoms with van der Waals surface area (Å²) in [6.45, 7) is 2.69. The molecule has 0 fully saturated rings. The number of hydrogen-bond acceptors (Lipinski definition) is 5. The molecule has 3 aromatic rings. The number of thiophene rings is 1. The van der Waals surface area contributed by atoms with Crippen LogP contribution >= 0.6 is 11.3 Å². The van der Waals surface area contributed by atoms with E-state index in [4.69, 9.17) is 5.73 Å². The van der Waals surface area contributed by atoms with E-state index in [9.17, 15) is 9.59 Å². The minimum atomic E-state index is -0.411. The van der Waals surface area contributed by atoms with E-state index in [1.165, 1.54) is 20.5 Å². The predicted molar refractivity (Wildman–Crippen MR) is 121 cm³/mol. The average molecular weight is 420 g/mol. The maximum Gasteiger partial charge on any atom is 0.246 e. The Hall–Kier alpha value is -2.83. The molecule has 154 valence electrons. The number of amides is 1. The van der Waals surface area contributed by atoms with Crippen molar-refractivity contribution in [3.8, 4) is 0 Å². The average Bonchev–Trinajstić information content (AvgIpc) is 2.98.